The van der Waals surface area contributed by atoms with E-state index in [4.69, 9.17) is 23.2 Å². The lowest BCUT2D eigenvalue weighted by atomic mass is 9.96. The van der Waals surface area contributed by atoms with Crippen LogP contribution in [0.4, 0.5) is 4.39 Å². The van der Waals surface area contributed by atoms with Crippen molar-refractivity contribution in [1.29, 1.82) is 0 Å². The van der Waals surface area contributed by atoms with Crippen LogP contribution in [0.5, 0.6) is 0 Å². The molecule has 0 saturated carbocycles. The lowest BCUT2D eigenvalue weighted by Gasteiger charge is -2.32. The van der Waals surface area contributed by atoms with Crippen molar-refractivity contribution in [2.24, 2.45) is 5.92 Å². The molecule has 8 heteroatoms. The number of piperidine rings is 1. The molecule has 5 nitrogen and oxygen atoms in total. The maximum atomic E-state index is 13.0. The van der Waals surface area contributed by atoms with Gasteiger partial charge >= 0.3 is 0 Å². The highest BCUT2D eigenvalue weighted by Crippen LogP contribution is 2.22. The molecule has 1 aliphatic heterocycles. The number of carbonyl (C=O) groups excluding carboxylic acids is 2. The number of nitrogens with one attached hydrogen (secondary N) is 2. The summed E-state index contributed by atoms with van der Waals surface area (Å²) >= 11 is 11.8. The summed E-state index contributed by atoms with van der Waals surface area (Å²) in [6.45, 7) is 4.90. The van der Waals surface area contributed by atoms with E-state index >= 15 is 0 Å². The van der Waals surface area contributed by atoms with Crippen LogP contribution in [0.15, 0.2) is 42.5 Å². The minimum Gasteiger partial charge on any atom is -0.354 e. The standard InChI is InChI=1S/C23H26Cl2FN3O2/c1-15(28-23(31)18-4-7-20(24)21(25)12-18)22(30)27-13-16-8-10-29(11-9-16)14-17-2-5-19(26)6-3-17/h2-7,12,15-16H,8-11,13-14H2,1H3,(H,27,30)(H,28,31)/t15-/m0/s1. The van der Waals surface area contributed by atoms with E-state index in [1.54, 1.807) is 19.1 Å². The Hall–Kier alpha value is -2.15. The minimum atomic E-state index is -0.666. The fourth-order valence-corrected chi connectivity index (χ4v) is 3.88. The van der Waals surface area contributed by atoms with E-state index < -0.39 is 6.04 Å². The number of amides is 2. The van der Waals surface area contributed by atoms with Gasteiger partial charge in [0.05, 0.1) is 10.0 Å². The lowest BCUT2D eigenvalue weighted by Crippen LogP contribution is -2.47. The van der Waals surface area contributed by atoms with Gasteiger partial charge in [0.1, 0.15) is 11.9 Å². The molecule has 0 aliphatic carbocycles. The van der Waals surface area contributed by atoms with Gasteiger partial charge in [0, 0.05) is 18.7 Å². The van der Waals surface area contributed by atoms with Gasteiger partial charge in [-0.1, -0.05) is 35.3 Å². The number of halogens is 3. The van der Waals surface area contributed by atoms with Crippen LogP contribution in [-0.2, 0) is 11.3 Å². The normalized spacial score (nSPS) is 16.0. The van der Waals surface area contributed by atoms with Crippen LogP contribution in [-0.4, -0.2) is 42.4 Å². The Morgan fingerprint density at radius 3 is 2.42 bits per heavy atom. The lowest BCUT2D eigenvalue weighted by molar-refractivity contribution is -0.122. The maximum absolute atomic E-state index is 13.0. The molecule has 2 aromatic rings. The summed E-state index contributed by atoms with van der Waals surface area (Å²) in [5, 5.41) is 6.28. The summed E-state index contributed by atoms with van der Waals surface area (Å²) in [4.78, 5) is 27.0. The second-order valence-electron chi connectivity index (χ2n) is 7.92. The summed E-state index contributed by atoms with van der Waals surface area (Å²) < 4.78 is 13.0. The van der Waals surface area contributed by atoms with E-state index in [0.717, 1.165) is 38.0 Å². The Bertz CT molecular complexity index is 916. The van der Waals surface area contributed by atoms with Crippen LogP contribution in [0.2, 0.25) is 10.0 Å². The topological polar surface area (TPSA) is 61.4 Å². The van der Waals surface area contributed by atoms with Crippen molar-refractivity contribution in [3.05, 3.63) is 69.5 Å². The van der Waals surface area contributed by atoms with Crippen LogP contribution < -0.4 is 10.6 Å². The summed E-state index contributed by atoms with van der Waals surface area (Å²) in [7, 11) is 0. The van der Waals surface area contributed by atoms with Gasteiger partial charge in [0.2, 0.25) is 5.91 Å². The average molecular weight is 466 g/mol. The monoisotopic (exact) mass is 465 g/mol. The van der Waals surface area contributed by atoms with Gasteiger partial charge in [-0.2, -0.15) is 0 Å². The zero-order valence-electron chi connectivity index (χ0n) is 17.3. The minimum absolute atomic E-state index is 0.220. The summed E-state index contributed by atoms with van der Waals surface area (Å²) in [5.41, 5.74) is 1.45. The predicted molar refractivity (Wildman–Crippen MR) is 121 cm³/mol. The van der Waals surface area contributed by atoms with E-state index in [2.05, 4.69) is 15.5 Å². The van der Waals surface area contributed by atoms with Crippen molar-refractivity contribution in [2.75, 3.05) is 19.6 Å². The smallest absolute Gasteiger partial charge is 0.251 e. The van der Waals surface area contributed by atoms with E-state index in [0.29, 0.717) is 23.0 Å². The molecule has 2 amide bonds. The predicted octanol–water partition coefficient (Wildman–Crippen LogP) is 4.28. The third-order valence-electron chi connectivity index (χ3n) is 5.51. The Morgan fingerprint density at radius 1 is 1.10 bits per heavy atom. The number of hydrogen-bond donors (Lipinski definition) is 2. The molecular weight excluding hydrogens is 440 g/mol. The molecule has 1 saturated heterocycles. The highest BCUT2D eigenvalue weighted by atomic mass is 35.5. The number of hydrogen-bond acceptors (Lipinski definition) is 3. The second-order valence-corrected chi connectivity index (χ2v) is 8.73. The van der Waals surface area contributed by atoms with Gasteiger partial charge in [-0.05, 0) is 74.7 Å². The molecule has 2 N–H and O–H groups in total. The summed E-state index contributed by atoms with van der Waals surface area (Å²) in [6, 6.07) is 10.5. The van der Waals surface area contributed by atoms with Gasteiger partial charge in [-0.25, -0.2) is 4.39 Å². The van der Waals surface area contributed by atoms with Gasteiger partial charge in [0.15, 0.2) is 0 Å². The van der Waals surface area contributed by atoms with Crippen molar-refractivity contribution in [2.45, 2.75) is 32.4 Å². The molecule has 1 heterocycles. The first-order chi connectivity index (χ1) is 14.8. The first-order valence-corrected chi connectivity index (χ1v) is 11.1. The molecule has 0 spiro atoms. The van der Waals surface area contributed by atoms with Gasteiger partial charge < -0.3 is 10.6 Å². The highest BCUT2D eigenvalue weighted by Gasteiger charge is 2.22. The molecule has 0 aromatic heterocycles. The first-order valence-electron chi connectivity index (χ1n) is 10.3. The average Bonchev–Trinajstić information content (AvgIpc) is 2.76. The quantitative estimate of drug-likeness (QED) is 0.641. The van der Waals surface area contributed by atoms with Gasteiger partial charge in [0.25, 0.3) is 5.91 Å². The molecule has 1 aliphatic rings. The second kappa shape index (κ2) is 10.9. The van der Waals surface area contributed by atoms with Crippen molar-refractivity contribution >= 4 is 35.0 Å². The zero-order chi connectivity index (χ0) is 22.4. The molecule has 0 bridgehead atoms. The van der Waals surface area contributed by atoms with E-state index in [9.17, 15) is 14.0 Å². The van der Waals surface area contributed by atoms with Crippen molar-refractivity contribution in [1.82, 2.24) is 15.5 Å². The Labute approximate surface area is 191 Å². The number of benzene rings is 2. The SMILES string of the molecule is C[C@H](NC(=O)c1ccc(Cl)c(Cl)c1)C(=O)NCC1CCN(Cc2ccc(F)cc2)CC1. The number of nitrogens with zero attached hydrogens (tertiary/aromatic N) is 1. The molecule has 1 atom stereocenters. The van der Waals surface area contributed by atoms with Crippen LogP contribution in [0.1, 0.15) is 35.7 Å². The van der Waals surface area contributed by atoms with E-state index in [1.807, 2.05) is 12.1 Å². The molecule has 0 radical (unpaired) electrons. The van der Waals surface area contributed by atoms with Crippen molar-refractivity contribution in [3.63, 3.8) is 0 Å². The molecular formula is C23H26Cl2FN3O2. The molecule has 2 aromatic carbocycles. The fourth-order valence-electron chi connectivity index (χ4n) is 3.58. The number of carbonyl (C=O) groups is 2. The fraction of sp³-hybridized carbons (Fsp3) is 0.391. The molecule has 1 fully saturated rings. The molecule has 166 valence electrons. The van der Waals surface area contributed by atoms with Crippen LogP contribution in [0, 0.1) is 11.7 Å². The van der Waals surface area contributed by atoms with Crippen molar-refractivity contribution in [3.8, 4) is 0 Å². The maximum Gasteiger partial charge on any atom is 0.251 e. The van der Waals surface area contributed by atoms with Crippen LogP contribution in [0.3, 0.4) is 0 Å². The molecule has 3 rings (SSSR count). The van der Waals surface area contributed by atoms with Crippen LogP contribution >= 0.6 is 23.2 Å². The van der Waals surface area contributed by atoms with Gasteiger partial charge in [-0.15, -0.1) is 0 Å². The summed E-state index contributed by atoms with van der Waals surface area (Å²) in [5.74, 6) is -0.426. The Morgan fingerprint density at radius 2 is 1.77 bits per heavy atom. The first kappa shape index (κ1) is 23.5. The highest BCUT2D eigenvalue weighted by molar-refractivity contribution is 6.42. The van der Waals surface area contributed by atoms with E-state index in [-0.39, 0.29) is 22.7 Å². The van der Waals surface area contributed by atoms with Gasteiger partial charge in [-0.3, -0.25) is 14.5 Å². The largest absolute Gasteiger partial charge is 0.354 e. The van der Waals surface area contributed by atoms with E-state index in [1.165, 1.54) is 18.2 Å². The summed E-state index contributed by atoms with van der Waals surface area (Å²) in [6.07, 6.45) is 1.96. The third kappa shape index (κ3) is 6.92. The molecule has 0 unspecified atom stereocenters. The number of likely N-dealkylation sites (tertiary alicyclic amines) is 1. The zero-order valence-corrected chi connectivity index (χ0v) is 18.8. The Balaban J connectivity index is 1.38. The van der Waals surface area contributed by atoms with Crippen molar-refractivity contribution < 1.29 is 14.0 Å². The van der Waals surface area contributed by atoms with Crippen LogP contribution in [0.25, 0.3) is 0 Å². The molecule has 31 heavy (non-hydrogen) atoms. The number of rotatable bonds is 7. The third-order valence-corrected chi connectivity index (χ3v) is 6.25. The Kier molecular flexibility index (Phi) is 8.29.